The first-order chi connectivity index (χ1) is 9.79. The number of nitrogens with zero attached hydrogens (tertiary/aromatic N) is 2. The Morgan fingerprint density at radius 3 is 2.62 bits per heavy atom. The molecule has 1 heterocycles. The molecule has 21 heavy (non-hydrogen) atoms. The van der Waals surface area contributed by atoms with Crippen LogP contribution in [-0.4, -0.2) is 65.2 Å². The topological polar surface area (TPSA) is 72.9 Å². The molecule has 0 aliphatic carbocycles. The first-order valence-electron chi connectivity index (χ1n) is 7.78. The van der Waals surface area contributed by atoms with Gasteiger partial charge in [0.25, 0.3) is 0 Å². The van der Waals surface area contributed by atoms with Crippen LogP contribution in [0, 0.1) is 0 Å². The highest BCUT2D eigenvalue weighted by molar-refractivity contribution is 5.86. The molecule has 0 bridgehead atoms. The second-order valence-electron chi connectivity index (χ2n) is 6.35. The number of rotatable bonds is 7. The molecule has 122 valence electrons. The fourth-order valence-electron chi connectivity index (χ4n) is 2.55. The minimum absolute atomic E-state index is 0.255. The third-order valence-electron chi connectivity index (χ3n) is 4.44. The molecule has 2 amide bonds. The van der Waals surface area contributed by atoms with Gasteiger partial charge in [-0.3, -0.25) is 0 Å². The molecule has 1 fully saturated rings. The van der Waals surface area contributed by atoms with Crippen LogP contribution in [0.1, 0.15) is 46.5 Å². The molecule has 1 saturated heterocycles. The highest BCUT2D eigenvalue weighted by Gasteiger charge is 2.45. The van der Waals surface area contributed by atoms with Crippen molar-refractivity contribution in [2.24, 2.45) is 0 Å². The molecule has 0 aromatic rings. The van der Waals surface area contributed by atoms with Crippen molar-refractivity contribution in [2.75, 3.05) is 26.7 Å². The summed E-state index contributed by atoms with van der Waals surface area (Å²) in [5.41, 5.74) is -1.05. The number of amides is 2. The fraction of sp³-hybridized carbons (Fsp3) is 0.867. The van der Waals surface area contributed by atoms with E-state index in [0.717, 1.165) is 25.8 Å². The van der Waals surface area contributed by atoms with Crippen molar-refractivity contribution in [1.82, 2.24) is 15.1 Å². The van der Waals surface area contributed by atoms with Crippen molar-refractivity contribution >= 4 is 12.0 Å². The Hall–Kier alpha value is -1.30. The normalized spacial score (nSPS) is 22.1. The van der Waals surface area contributed by atoms with Crippen molar-refractivity contribution in [2.45, 2.75) is 58.0 Å². The lowest BCUT2D eigenvalue weighted by Crippen LogP contribution is -2.54. The molecule has 2 N–H and O–H groups in total. The second kappa shape index (κ2) is 7.64. The summed E-state index contributed by atoms with van der Waals surface area (Å²) in [6.45, 7) is 8.05. The number of hydrogen-bond acceptors (Lipinski definition) is 3. The van der Waals surface area contributed by atoms with E-state index in [1.54, 1.807) is 6.92 Å². The van der Waals surface area contributed by atoms with Gasteiger partial charge in [0.15, 0.2) is 0 Å². The molecule has 0 aromatic carbocycles. The van der Waals surface area contributed by atoms with Crippen LogP contribution in [0.2, 0.25) is 0 Å². The molecular formula is C15H29N3O3. The average Bonchev–Trinajstić information content (AvgIpc) is 2.81. The van der Waals surface area contributed by atoms with E-state index in [4.69, 9.17) is 0 Å². The van der Waals surface area contributed by atoms with Crippen LogP contribution < -0.4 is 5.32 Å². The zero-order valence-electron chi connectivity index (χ0n) is 13.7. The van der Waals surface area contributed by atoms with E-state index in [-0.39, 0.29) is 6.03 Å². The molecule has 0 radical (unpaired) electrons. The number of carbonyl (C=O) groups excluding carboxylic acids is 1. The predicted molar refractivity (Wildman–Crippen MR) is 82.4 cm³/mol. The molecule has 1 aliphatic rings. The van der Waals surface area contributed by atoms with Gasteiger partial charge in [0, 0.05) is 19.1 Å². The van der Waals surface area contributed by atoms with Crippen LogP contribution >= 0.6 is 0 Å². The average molecular weight is 299 g/mol. The van der Waals surface area contributed by atoms with E-state index in [9.17, 15) is 14.7 Å². The Morgan fingerprint density at radius 2 is 2.05 bits per heavy atom. The molecule has 6 nitrogen and oxygen atoms in total. The minimum Gasteiger partial charge on any atom is -0.480 e. The van der Waals surface area contributed by atoms with Gasteiger partial charge in [-0.25, -0.2) is 9.59 Å². The largest absolute Gasteiger partial charge is 0.480 e. The van der Waals surface area contributed by atoms with Crippen LogP contribution in [-0.2, 0) is 4.79 Å². The summed E-state index contributed by atoms with van der Waals surface area (Å²) in [4.78, 5) is 27.2. The number of aliphatic carboxylic acids is 1. The van der Waals surface area contributed by atoms with Crippen LogP contribution in [0.4, 0.5) is 4.79 Å². The lowest BCUT2D eigenvalue weighted by Gasteiger charge is -2.31. The monoisotopic (exact) mass is 299 g/mol. The van der Waals surface area contributed by atoms with Gasteiger partial charge in [0.2, 0.25) is 0 Å². The molecular weight excluding hydrogens is 270 g/mol. The van der Waals surface area contributed by atoms with E-state index >= 15 is 0 Å². The van der Waals surface area contributed by atoms with E-state index in [1.165, 1.54) is 4.90 Å². The number of carboxylic acid groups (broad SMARTS) is 1. The number of carboxylic acids is 1. The van der Waals surface area contributed by atoms with E-state index in [1.807, 2.05) is 0 Å². The quantitative estimate of drug-likeness (QED) is 0.703. The molecule has 1 aliphatic heterocycles. The lowest BCUT2D eigenvalue weighted by atomic mass is 10.00. The Morgan fingerprint density at radius 1 is 1.38 bits per heavy atom. The van der Waals surface area contributed by atoms with E-state index < -0.39 is 11.5 Å². The molecule has 6 heteroatoms. The standard InChI is InChI=1S/C15H29N3O3/c1-12(2)17(4)10-6-5-9-16-14(21)18-11-7-8-15(18,3)13(19)20/h12H,5-11H2,1-4H3,(H,16,21)(H,19,20). The van der Waals surface area contributed by atoms with Crippen molar-refractivity contribution < 1.29 is 14.7 Å². The van der Waals surface area contributed by atoms with Gasteiger partial charge in [-0.05, 0) is 60.0 Å². The van der Waals surface area contributed by atoms with Crippen molar-refractivity contribution in [3.05, 3.63) is 0 Å². The van der Waals surface area contributed by atoms with Crippen LogP contribution in [0.25, 0.3) is 0 Å². The van der Waals surface area contributed by atoms with Gasteiger partial charge in [-0.2, -0.15) is 0 Å². The maximum atomic E-state index is 12.1. The summed E-state index contributed by atoms with van der Waals surface area (Å²) in [6, 6.07) is 0.273. The van der Waals surface area contributed by atoms with Gasteiger partial charge < -0.3 is 20.2 Å². The summed E-state index contributed by atoms with van der Waals surface area (Å²) >= 11 is 0. The summed E-state index contributed by atoms with van der Waals surface area (Å²) in [5, 5.41) is 12.1. The van der Waals surface area contributed by atoms with Gasteiger partial charge in [-0.15, -0.1) is 0 Å². The van der Waals surface area contributed by atoms with Crippen LogP contribution in [0.5, 0.6) is 0 Å². The second-order valence-corrected chi connectivity index (χ2v) is 6.35. The molecule has 0 saturated carbocycles. The predicted octanol–water partition coefficient (Wildman–Crippen LogP) is 1.76. The molecule has 0 spiro atoms. The number of likely N-dealkylation sites (tertiary alicyclic amines) is 1. The summed E-state index contributed by atoms with van der Waals surface area (Å²) in [7, 11) is 2.09. The SMILES string of the molecule is CC(C)N(C)CCCCNC(=O)N1CCCC1(C)C(=O)O. The summed E-state index contributed by atoms with van der Waals surface area (Å²) < 4.78 is 0. The minimum atomic E-state index is -1.05. The maximum Gasteiger partial charge on any atom is 0.329 e. The third kappa shape index (κ3) is 4.59. The summed E-state index contributed by atoms with van der Waals surface area (Å²) in [6.07, 6.45) is 3.19. The van der Waals surface area contributed by atoms with Gasteiger partial charge >= 0.3 is 12.0 Å². The Bertz CT molecular complexity index is 373. The number of carbonyl (C=O) groups is 2. The lowest BCUT2D eigenvalue weighted by molar-refractivity contribution is -0.147. The summed E-state index contributed by atoms with van der Waals surface area (Å²) in [5.74, 6) is -0.922. The Labute approximate surface area is 127 Å². The number of hydrogen-bond donors (Lipinski definition) is 2. The highest BCUT2D eigenvalue weighted by Crippen LogP contribution is 2.29. The molecule has 1 rings (SSSR count). The highest BCUT2D eigenvalue weighted by atomic mass is 16.4. The first kappa shape index (κ1) is 17.8. The molecule has 1 atom stereocenters. The van der Waals surface area contributed by atoms with Crippen molar-refractivity contribution in [3.63, 3.8) is 0 Å². The van der Waals surface area contributed by atoms with Crippen molar-refractivity contribution in [3.8, 4) is 0 Å². The maximum absolute atomic E-state index is 12.1. The zero-order chi connectivity index (χ0) is 16.0. The zero-order valence-corrected chi connectivity index (χ0v) is 13.7. The van der Waals surface area contributed by atoms with Gasteiger partial charge in [0.1, 0.15) is 5.54 Å². The van der Waals surface area contributed by atoms with E-state index in [0.29, 0.717) is 25.6 Å². The smallest absolute Gasteiger partial charge is 0.329 e. The van der Waals surface area contributed by atoms with E-state index in [2.05, 4.69) is 31.1 Å². The first-order valence-corrected chi connectivity index (χ1v) is 7.78. The number of nitrogens with one attached hydrogen (secondary N) is 1. The molecule has 0 aromatic heterocycles. The van der Waals surface area contributed by atoms with Crippen LogP contribution in [0.15, 0.2) is 0 Å². The van der Waals surface area contributed by atoms with Crippen LogP contribution in [0.3, 0.4) is 0 Å². The van der Waals surface area contributed by atoms with Gasteiger partial charge in [0.05, 0.1) is 0 Å². The third-order valence-corrected chi connectivity index (χ3v) is 4.44. The van der Waals surface area contributed by atoms with Crippen molar-refractivity contribution in [1.29, 1.82) is 0 Å². The molecule has 1 unspecified atom stereocenters. The van der Waals surface area contributed by atoms with Gasteiger partial charge in [-0.1, -0.05) is 0 Å². The Balaban J connectivity index is 2.30. The fourth-order valence-corrected chi connectivity index (χ4v) is 2.55. The number of unbranched alkanes of at least 4 members (excludes halogenated alkanes) is 1. The Kier molecular flexibility index (Phi) is 6.45. The number of urea groups is 1.